The Hall–Kier alpha value is -1.76. The van der Waals surface area contributed by atoms with E-state index >= 15 is 0 Å². The molecule has 0 atom stereocenters. The molecule has 0 aliphatic carbocycles. The normalized spacial score (nSPS) is 10.9. The molecule has 0 fully saturated rings. The van der Waals surface area contributed by atoms with Gasteiger partial charge in [-0.3, -0.25) is 0 Å². The molecule has 0 unspecified atom stereocenters. The summed E-state index contributed by atoms with van der Waals surface area (Å²) in [6, 6.07) is 13.6. The summed E-state index contributed by atoms with van der Waals surface area (Å²) in [5.74, 6) is 1.04. The molecule has 0 saturated carbocycles. The molecule has 1 nitrogen and oxygen atoms in total. The minimum absolute atomic E-state index is 0.796. The fourth-order valence-electron chi connectivity index (χ4n) is 3.22. The number of hydrogen-bond donors (Lipinski definition) is 0. The number of rotatable bonds is 10. The van der Waals surface area contributed by atoms with Crippen LogP contribution in [0.3, 0.4) is 0 Å². The summed E-state index contributed by atoms with van der Waals surface area (Å²) in [4.78, 5) is 0. The Bertz CT molecular complexity index is 640. The number of benzene rings is 2. The van der Waals surface area contributed by atoms with Gasteiger partial charge in [0, 0.05) is 0 Å². The minimum atomic E-state index is 0.796. The highest BCUT2D eigenvalue weighted by Crippen LogP contribution is 2.25. The lowest BCUT2D eigenvalue weighted by molar-refractivity contribution is 0.315. The average molecular weight is 339 g/mol. The molecule has 1 heteroatoms. The summed E-state index contributed by atoms with van der Waals surface area (Å²) in [6.45, 7) is 9.60. The van der Waals surface area contributed by atoms with Crippen LogP contribution in [-0.2, 0) is 19.3 Å². The fraction of sp³-hybridized carbons (Fsp3) is 0.500. The molecule has 0 saturated heterocycles. The summed E-state index contributed by atoms with van der Waals surface area (Å²) < 4.78 is 5.84. The lowest BCUT2D eigenvalue weighted by atomic mass is 9.96. The summed E-state index contributed by atoms with van der Waals surface area (Å²) >= 11 is 0. The zero-order valence-corrected chi connectivity index (χ0v) is 16.5. The van der Waals surface area contributed by atoms with Crippen LogP contribution >= 0.6 is 0 Å². The van der Waals surface area contributed by atoms with Crippen molar-refractivity contribution in [2.75, 3.05) is 6.61 Å². The van der Waals surface area contributed by atoms with Gasteiger partial charge in [0.1, 0.15) is 5.75 Å². The second kappa shape index (κ2) is 10.3. The lowest BCUT2D eigenvalue weighted by Gasteiger charge is -2.14. The van der Waals surface area contributed by atoms with Crippen molar-refractivity contribution >= 4 is 0 Å². The van der Waals surface area contributed by atoms with Crippen LogP contribution < -0.4 is 4.74 Å². The van der Waals surface area contributed by atoms with Crippen molar-refractivity contribution in [1.82, 2.24) is 0 Å². The molecule has 0 N–H and O–H groups in total. The molecule has 0 spiro atoms. The Morgan fingerprint density at radius 1 is 0.680 bits per heavy atom. The van der Waals surface area contributed by atoms with Gasteiger partial charge in [0.15, 0.2) is 0 Å². The molecule has 0 bridgehead atoms. The van der Waals surface area contributed by atoms with E-state index in [9.17, 15) is 0 Å². The molecule has 0 aliphatic heterocycles. The molecule has 0 aromatic heterocycles. The van der Waals surface area contributed by atoms with Crippen LogP contribution in [0.1, 0.15) is 67.3 Å². The third-order valence-electron chi connectivity index (χ3n) is 5.09. The van der Waals surface area contributed by atoms with E-state index in [1.807, 2.05) is 0 Å². The number of hydrogen-bond acceptors (Lipinski definition) is 1. The van der Waals surface area contributed by atoms with Crippen LogP contribution in [0.25, 0.3) is 0 Å². The van der Waals surface area contributed by atoms with Gasteiger partial charge in [-0.2, -0.15) is 0 Å². The van der Waals surface area contributed by atoms with E-state index in [-0.39, 0.29) is 0 Å². The summed E-state index contributed by atoms with van der Waals surface area (Å²) in [5, 5.41) is 0. The van der Waals surface area contributed by atoms with Crippen LogP contribution in [0.4, 0.5) is 0 Å². The Morgan fingerprint density at radius 3 is 2.00 bits per heavy atom. The van der Waals surface area contributed by atoms with E-state index < -0.39 is 0 Å². The van der Waals surface area contributed by atoms with Crippen LogP contribution in [0, 0.1) is 13.8 Å². The maximum absolute atomic E-state index is 5.84. The molecule has 2 rings (SSSR count). The van der Waals surface area contributed by atoms with Gasteiger partial charge in [-0.25, -0.2) is 0 Å². The van der Waals surface area contributed by atoms with E-state index in [0.29, 0.717) is 0 Å². The van der Waals surface area contributed by atoms with Gasteiger partial charge in [0.05, 0.1) is 6.61 Å². The lowest BCUT2D eigenvalue weighted by Crippen LogP contribution is -2.01. The summed E-state index contributed by atoms with van der Waals surface area (Å²) in [5.41, 5.74) is 7.01. The Kier molecular flexibility index (Phi) is 8.04. The SMILES string of the molecule is CCCCCc1ccc(CCc2ccc(OCCC)c(C)c2C)cc1. The van der Waals surface area contributed by atoms with Gasteiger partial charge >= 0.3 is 0 Å². The standard InChI is InChI=1S/C24H34O/c1-5-7-8-9-21-10-12-22(13-11-21)14-15-23-16-17-24(25-18-6-2)20(4)19(23)3/h10-13,16-17H,5-9,14-15,18H2,1-4H3. The highest BCUT2D eigenvalue weighted by Gasteiger charge is 2.07. The molecule has 0 amide bonds. The zero-order chi connectivity index (χ0) is 18.1. The quantitative estimate of drug-likeness (QED) is 0.443. The summed E-state index contributed by atoms with van der Waals surface area (Å²) in [7, 11) is 0. The Labute approximate surface area is 154 Å². The maximum atomic E-state index is 5.84. The van der Waals surface area contributed by atoms with Gasteiger partial charge in [-0.15, -0.1) is 0 Å². The van der Waals surface area contributed by atoms with Crippen molar-refractivity contribution < 1.29 is 4.74 Å². The zero-order valence-electron chi connectivity index (χ0n) is 16.5. The molecule has 136 valence electrons. The molecular weight excluding hydrogens is 304 g/mol. The molecule has 2 aromatic rings. The van der Waals surface area contributed by atoms with Gasteiger partial charge in [0.2, 0.25) is 0 Å². The minimum Gasteiger partial charge on any atom is -0.493 e. The van der Waals surface area contributed by atoms with Gasteiger partial charge in [0.25, 0.3) is 0 Å². The molecular formula is C24H34O. The number of unbranched alkanes of at least 4 members (excludes halogenated alkanes) is 2. The monoisotopic (exact) mass is 338 g/mol. The van der Waals surface area contributed by atoms with Crippen LogP contribution in [0.15, 0.2) is 36.4 Å². The van der Waals surface area contributed by atoms with Crippen molar-refractivity contribution in [1.29, 1.82) is 0 Å². The first-order valence-electron chi connectivity index (χ1n) is 9.95. The van der Waals surface area contributed by atoms with Crippen molar-refractivity contribution in [3.05, 3.63) is 64.2 Å². The van der Waals surface area contributed by atoms with Crippen molar-refractivity contribution in [3.8, 4) is 5.75 Å². The predicted octanol–water partition coefficient (Wildman–Crippen LogP) is 6.61. The first-order valence-corrected chi connectivity index (χ1v) is 9.95. The first-order chi connectivity index (χ1) is 12.2. The van der Waals surface area contributed by atoms with E-state index in [2.05, 4.69) is 64.1 Å². The van der Waals surface area contributed by atoms with Crippen LogP contribution in [0.2, 0.25) is 0 Å². The second-order valence-corrected chi connectivity index (χ2v) is 7.09. The average Bonchev–Trinajstić information content (AvgIpc) is 2.63. The van der Waals surface area contributed by atoms with Crippen molar-refractivity contribution in [2.45, 2.75) is 72.6 Å². The topological polar surface area (TPSA) is 9.23 Å². The Balaban J connectivity index is 1.93. The van der Waals surface area contributed by atoms with Crippen LogP contribution in [0.5, 0.6) is 5.75 Å². The molecule has 0 radical (unpaired) electrons. The van der Waals surface area contributed by atoms with Gasteiger partial charge in [-0.05, 0) is 79.8 Å². The van der Waals surface area contributed by atoms with Crippen LogP contribution in [-0.4, -0.2) is 6.61 Å². The predicted molar refractivity (Wildman–Crippen MR) is 109 cm³/mol. The van der Waals surface area contributed by atoms with Gasteiger partial charge in [-0.1, -0.05) is 57.0 Å². The molecule has 0 aliphatic rings. The van der Waals surface area contributed by atoms with Crippen molar-refractivity contribution in [2.24, 2.45) is 0 Å². The largest absolute Gasteiger partial charge is 0.493 e. The van der Waals surface area contributed by atoms with E-state index in [0.717, 1.165) is 31.6 Å². The summed E-state index contributed by atoms with van der Waals surface area (Å²) in [6.07, 6.45) is 8.39. The van der Waals surface area contributed by atoms with Gasteiger partial charge < -0.3 is 4.74 Å². The highest BCUT2D eigenvalue weighted by atomic mass is 16.5. The second-order valence-electron chi connectivity index (χ2n) is 7.09. The fourth-order valence-corrected chi connectivity index (χ4v) is 3.22. The molecule has 25 heavy (non-hydrogen) atoms. The third-order valence-corrected chi connectivity index (χ3v) is 5.09. The maximum Gasteiger partial charge on any atom is 0.122 e. The third kappa shape index (κ3) is 5.92. The molecule has 2 aromatic carbocycles. The van der Waals surface area contributed by atoms with E-state index in [1.54, 1.807) is 0 Å². The molecule has 0 heterocycles. The first kappa shape index (κ1) is 19.6. The van der Waals surface area contributed by atoms with E-state index in [4.69, 9.17) is 4.74 Å². The number of ether oxygens (including phenoxy) is 1. The van der Waals surface area contributed by atoms with E-state index in [1.165, 1.54) is 53.5 Å². The Morgan fingerprint density at radius 2 is 1.36 bits per heavy atom. The number of aryl methyl sites for hydroxylation is 3. The van der Waals surface area contributed by atoms with Crippen molar-refractivity contribution in [3.63, 3.8) is 0 Å². The smallest absolute Gasteiger partial charge is 0.122 e. The highest BCUT2D eigenvalue weighted by molar-refractivity contribution is 5.44.